The Morgan fingerprint density at radius 3 is 2.54 bits per heavy atom. The Kier molecular flexibility index (Phi) is 8.32. The second-order valence-corrected chi connectivity index (χ2v) is 9.40. The van der Waals surface area contributed by atoms with Crippen LogP contribution in [0.3, 0.4) is 0 Å². The Hall–Kier alpha value is -4.22. The summed E-state index contributed by atoms with van der Waals surface area (Å²) in [5.74, 6) is -1.53. The molecule has 1 saturated carbocycles. The van der Waals surface area contributed by atoms with Crippen LogP contribution in [0.4, 0.5) is 22.2 Å². The maximum Gasteiger partial charge on any atom is 0.369 e. The molecule has 206 valence electrons. The number of methoxy groups -OCH3 is 2. The van der Waals surface area contributed by atoms with Crippen molar-refractivity contribution >= 4 is 51.3 Å². The summed E-state index contributed by atoms with van der Waals surface area (Å²) < 4.78 is 10.4. The highest BCUT2D eigenvalue weighted by molar-refractivity contribution is 7.19. The van der Waals surface area contributed by atoms with E-state index in [0.29, 0.717) is 27.0 Å². The molecule has 0 spiro atoms. The van der Waals surface area contributed by atoms with Crippen molar-refractivity contribution in [1.82, 2.24) is 20.5 Å². The molecule has 39 heavy (non-hydrogen) atoms. The topological polar surface area (TPSA) is 217 Å². The molecule has 3 amide bonds. The molecule has 15 nitrogen and oxygen atoms in total. The number of ether oxygens (including phenoxy) is 2. The number of aromatic nitrogens is 3. The number of carbonyl (C=O) groups excluding carboxylic acids is 3. The molecule has 1 aliphatic rings. The molecule has 2 aromatic heterocycles. The van der Waals surface area contributed by atoms with E-state index in [4.69, 9.17) is 9.47 Å². The van der Waals surface area contributed by atoms with Gasteiger partial charge in [-0.15, -0.1) is 10.2 Å². The molecule has 0 unspecified atom stereocenters. The summed E-state index contributed by atoms with van der Waals surface area (Å²) in [4.78, 5) is 41.0. The molecule has 1 fully saturated rings. The summed E-state index contributed by atoms with van der Waals surface area (Å²) in [6.45, 7) is -0.112. The summed E-state index contributed by atoms with van der Waals surface area (Å²) >= 11 is 1.19. The van der Waals surface area contributed by atoms with Gasteiger partial charge in [-0.05, 0) is 25.0 Å². The molecule has 16 heteroatoms. The highest BCUT2D eigenvalue weighted by Gasteiger charge is 2.31. The number of amides is 3. The highest BCUT2D eigenvalue weighted by atomic mass is 32.1. The summed E-state index contributed by atoms with van der Waals surface area (Å²) in [6.07, 6.45) is -0.500. The van der Waals surface area contributed by atoms with Crippen molar-refractivity contribution in [2.75, 3.05) is 36.8 Å². The zero-order valence-corrected chi connectivity index (χ0v) is 21.5. The first-order valence-electron chi connectivity index (χ1n) is 11.4. The maximum absolute atomic E-state index is 12.6. The molecule has 7 N–H and O–H groups in total. The molecule has 2 heterocycles. The molecular weight excluding hydrogens is 534 g/mol. The number of anilines is 4. The Morgan fingerprint density at radius 1 is 1.10 bits per heavy atom. The van der Waals surface area contributed by atoms with E-state index in [1.54, 1.807) is 23.5 Å². The number of aliphatic hydroxyl groups is 3. The monoisotopic (exact) mass is 559 g/mol. The molecule has 0 aliphatic heterocycles. The third kappa shape index (κ3) is 7.21. The highest BCUT2D eigenvalue weighted by Crippen LogP contribution is 2.41. The smallest absolute Gasteiger partial charge is 0.369 e. The van der Waals surface area contributed by atoms with Crippen molar-refractivity contribution in [2.24, 2.45) is 5.92 Å². The van der Waals surface area contributed by atoms with Gasteiger partial charge in [-0.25, -0.2) is 4.98 Å². The van der Waals surface area contributed by atoms with Crippen molar-refractivity contribution in [2.45, 2.75) is 18.9 Å². The Labute approximate surface area is 225 Å². The van der Waals surface area contributed by atoms with E-state index in [2.05, 4.69) is 31.1 Å². The first-order chi connectivity index (χ1) is 18.6. The number of rotatable bonds is 11. The number of hydrogen-bond donors (Lipinski definition) is 7. The van der Waals surface area contributed by atoms with Crippen LogP contribution < -0.4 is 26.0 Å². The van der Waals surface area contributed by atoms with Crippen LogP contribution in [-0.4, -0.2) is 75.1 Å². The van der Waals surface area contributed by atoms with Gasteiger partial charge in [-0.3, -0.25) is 19.7 Å². The lowest BCUT2D eigenvalue weighted by Gasteiger charge is -2.18. The number of nitrogens with one attached hydrogen (secondary N) is 4. The first kappa shape index (κ1) is 27.8. The van der Waals surface area contributed by atoms with Crippen molar-refractivity contribution < 1.29 is 39.2 Å². The van der Waals surface area contributed by atoms with Crippen LogP contribution in [-0.2, 0) is 14.3 Å². The summed E-state index contributed by atoms with van der Waals surface area (Å²) in [5, 5.41) is 46.1. The second kappa shape index (κ2) is 11.7. The molecule has 0 atom stereocenters. The zero-order valence-electron chi connectivity index (χ0n) is 20.7. The van der Waals surface area contributed by atoms with Gasteiger partial charge >= 0.3 is 6.10 Å². The third-order valence-electron chi connectivity index (χ3n) is 5.25. The van der Waals surface area contributed by atoms with Gasteiger partial charge in [-0.2, -0.15) is 0 Å². The van der Waals surface area contributed by atoms with Crippen molar-refractivity contribution in [3.05, 3.63) is 36.2 Å². The molecule has 1 aliphatic carbocycles. The van der Waals surface area contributed by atoms with Crippen LogP contribution in [0.1, 0.15) is 23.3 Å². The fourth-order valence-corrected chi connectivity index (χ4v) is 4.29. The van der Waals surface area contributed by atoms with Crippen LogP contribution in [0.25, 0.3) is 10.6 Å². The molecule has 0 bridgehead atoms. The largest absolute Gasteiger partial charge is 0.494 e. The van der Waals surface area contributed by atoms with E-state index in [0.717, 1.165) is 12.8 Å². The molecular formula is C23H25N7O8S. The van der Waals surface area contributed by atoms with Gasteiger partial charge < -0.3 is 40.7 Å². The molecule has 4 rings (SSSR count). The first-order valence-corrected chi connectivity index (χ1v) is 12.3. The van der Waals surface area contributed by atoms with Gasteiger partial charge in [0, 0.05) is 19.1 Å². The van der Waals surface area contributed by atoms with Crippen LogP contribution in [0.2, 0.25) is 0 Å². The minimum absolute atomic E-state index is 0.0000428. The fraction of sp³-hybridized carbons (Fsp3) is 0.304. The van der Waals surface area contributed by atoms with Gasteiger partial charge in [0.15, 0.2) is 17.3 Å². The van der Waals surface area contributed by atoms with E-state index in [1.165, 1.54) is 37.8 Å². The molecule has 1 aromatic carbocycles. The average Bonchev–Trinajstić information content (AvgIpc) is 3.62. The van der Waals surface area contributed by atoms with Crippen molar-refractivity contribution in [3.63, 3.8) is 0 Å². The predicted molar refractivity (Wildman–Crippen MR) is 138 cm³/mol. The number of hydrogen-bond acceptors (Lipinski definition) is 13. The fourth-order valence-electron chi connectivity index (χ4n) is 3.43. The molecule has 0 radical (unpaired) electrons. The second-order valence-electron chi connectivity index (χ2n) is 8.37. The van der Waals surface area contributed by atoms with E-state index >= 15 is 0 Å². The molecule has 0 saturated heterocycles. The summed E-state index contributed by atoms with van der Waals surface area (Å²) in [5.41, 5.74) is 0.473. The number of nitrogens with zero attached hydrogens (tertiary/aromatic N) is 3. The Morgan fingerprint density at radius 2 is 1.87 bits per heavy atom. The van der Waals surface area contributed by atoms with Crippen LogP contribution in [0.15, 0.2) is 30.5 Å². The third-order valence-corrected chi connectivity index (χ3v) is 6.20. The van der Waals surface area contributed by atoms with Gasteiger partial charge in [0.05, 0.1) is 30.2 Å². The Balaban J connectivity index is 1.67. The van der Waals surface area contributed by atoms with E-state index in [9.17, 15) is 29.7 Å². The minimum Gasteiger partial charge on any atom is -0.494 e. The van der Waals surface area contributed by atoms with Crippen molar-refractivity contribution in [1.29, 1.82) is 0 Å². The maximum atomic E-state index is 12.6. The number of thiazole rings is 1. The minimum atomic E-state index is -3.51. The standard InChI is InChI=1S/C23H25N7O8S/c1-37-10-16(31)27-17-9-24-22(39-17)12-4-3-5-13(19(12)38-2)25-14-8-15(26-20(32)11-6-7-11)29-30-18(14)21(33)28-23(34,35)36/h3-5,8-9,11,34-36H,6-7,10H2,1-2H3,(H,27,31)(H,28,33)(H2,25,26,29,32). The van der Waals surface area contributed by atoms with E-state index in [1.807, 2.05) is 0 Å². The lowest BCUT2D eigenvalue weighted by molar-refractivity contribution is -0.323. The van der Waals surface area contributed by atoms with Crippen molar-refractivity contribution in [3.8, 4) is 16.3 Å². The van der Waals surface area contributed by atoms with Crippen LogP contribution in [0.5, 0.6) is 5.75 Å². The molecule has 3 aromatic rings. The SMILES string of the molecule is COCC(=O)Nc1cnc(-c2cccc(Nc3cc(NC(=O)C4CC4)nnc3C(=O)NC(O)(O)O)c2OC)s1. The Bertz CT molecular complexity index is 1390. The normalized spacial score (nSPS) is 12.9. The summed E-state index contributed by atoms with van der Waals surface area (Å²) in [6, 6.07) is 6.39. The number of carbonyl (C=O) groups is 3. The lowest BCUT2D eigenvalue weighted by atomic mass is 10.1. The van der Waals surface area contributed by atoms with Gasteiger partial charge in [0.1, 0.15) is 16.6 Å². The van der Waals surface area contributed by atoms with Gasteiger partial charge in [-0.1, -0.05) is 17.4 Å². The average molecular weight is 560 g/mol. The quantitative estimate of drug-likeness (QED) is 0.161. The van der Waals surface area contributed by atoms with E-state index in [-0.39, 0.29) is 35.8 Å². The predicted octanol–water partition coefficient (Wildman–Crippen LogP) is 0.604. The van der Waals surface area contributed by atoms with E-state index < -0.39 is 17.7 Å². The number of benzene rings is 1. The van der Waals surface area contributed by atoms with Crippen LogP contribution >= 0.6 is 11.3 Å². The van der Waals surface area contributed by atoms with Gasteiger partial charge in [0.2, 0.25) is 5.91 Å². The summed E-state index contributed by atoms with van der Waals surface area (Å²) in [7, 11) is 2.84. The number of para-hydroxylation sites is 1. The lowest BCUT2D eigenvalue weighted by Crippen LogP contribution is -2.48. The van der Waals surface area contributed by atoms with Crippen LogP contribution in [0, 0.1) is 5.92 Å². The van der Waals surface area contributed by atoms with Gasteiger partial charge in [0.25, 0.3) is 11.8 Å². The zero-order chi connectivity index (χ0) is 28.2.